The van der Waals surface area contributed by atoms with Crippen LogP contribution in [0.2, 0.25) is 0 Å². The van der Waals surface area contributed by atoms with E-state index in [0.29, 0.717) is 0 Å². The van der Waals surface area contributed by atoms with Gasteiger partial charge in [-0.15, -0.1) is 17.0 Å². The van der Waals surface area contributed by atoms with Crippen molar-refractivity contribution in [2.24, 2.45) is 0 Å². The Morgan fingerprint density at radius 1 is 1.40 bits per heavy atom. The van der Waals surface area contributed by atoms with E-state index < -0.39 is 6.16 Å². The molecular weight excluding hydrogens is 140 g/mol. The summed E-state index contributed by atoms with van der Waals surface area (Å²) in [6.07, 6.45) is -1.83. The first-order valence-corrected chi connectivity index (χ1v) is 0.651. The van der Waals surface area contributed by atoms with Crippen LogP contribution >= 0.6 is 17.0 Å². The van der Waals surface area contributed by atoms with Gasteiger partial charge in [-0.2, -0.15) is 0 Å². The molecule has 0 aliphatic heterocycles. The van der Waals surface area contributed by atoms with Crippen molar-refractivity contribution < 1.29 is 15.0 Å². The molecule has 0 amide bonds. The second-order valence-corrected chi connectivity index (χ2v) is 0.283. The molecule has 5 heavy (non-hydrogen) atoms. The average molecular weight is 143 g/mol. The highest BCUT2D eigenvalue weighted by Gasteiger charge is 1.70. The molecule has 0 rings (SSSR count). The van der Waals surface area contributed by atoms with E-state index in [9.17, 15) is 0 Å². The van der Waals surface area contributed by atoms with Gasteiger partial charge in [-0.05, 0) is 0 Å². The molecule has 0 radical (unpaired) electrons. The minimum Gasteiger partial charge on any atom is -0.450 e. The van der Waals surface area contributed by atoms with Crippen molar-refractivity contribution in [3.8, 4) is 0 Å². The zero-order valence-corrected chi connectivity index (χ0v) is 3.92. The molecule has 0 unspecified atom stereocenters. The van der Waals surface area contributed by atoms with Crippen LogP contribution < -0.4 is 0 Å². The summed E-state index contributed by atoms with van der Waals surface area (Å²) < 4.78 is 0. The van der Waals surface area contributed by atoms with E-state index in [4.69, 9.17) is 15.0 Å². The maximum atomic E-state index is 8.56. The monoisotopic (exact) mass is 142 g/mol. The molecule has 0 aliphatic rings. The van der Waals surface area contributed by atoms with Crippen LogP contribution in [0.1, 0.15) is 0 Å². The summed E-state index contributed by atoms with van der Waals surface area (Å²) in [5.41, 5.74) is 0. The SMILES string of the molecule is Br.O=C(O)O. The maximum Gasteiger partial charge on any atom is 0.503 e. The Morgan fingerprint density at radius 2 is 1.40 bits per heavy atom. The highest BCUT2D eigenvalue weighted by atomic mass is 79.9. The normalized spacial score (nSPS) is 4.80. The van der Waals surface area contributed by atoms with Crippen LogP contribution in [0.15, 0.2) is 0 Å². The number of carboxylic acid groups (broad SMARTS) is 2. The van der Waals surface area contributed by atoms with Gasteiger partial charge < -0.3 is 10.2 Å². The zero-order chi connectivity index (χ0) is 3.58. The first-order valence-electron chi connectivity index (χ1n) is 0.651. The summed E-state index contributed by atoms with van der Waals surface area (Å²) >= 11 is 0. The molecule has 0 bridgehead atoms. The van der Waals surface area contributed by atoms with Gasteiger partial charge in [0, 0.05) is 0 Å². The lowest BCUT2D eigenvalue weighted by molar-refractivity contribution is 0.137. The van der Waals surface area contributed by atoms with E-state index in [1.165, 1.54) is 0 Å². The van der Waals surface area contributed by atoms with Crippen LogP contribution in [0.4, 0.5) is 4.79 Å². The van der Waals surface area contributed by atoms with Crippen molar-refractivity contribution in [2.45, 2.75) is 0 Å². The molecule has 0 fully saturated rings. The average Bonchev–Trinajstić information content (AvgIpc) is 0.811. The molecule has 0 saturated carbocycles. The number of hydrogen-bond donors (Lipinski definition) is 2. The van der Waals surface area contributed by atoms with Crippen molar-refractivity contribution >= 4 is 23.1 Å². The second-order valence-electron chi connectivity index (χ2n) is 0.283. The maximum absolute atomic E-state index is 8.56. The lowest BCUT2D eigenvalue weighted by Crippen LogP contribution is -1.81. The quantitative estimate of drug-likeness (QED) is 0.527. The molecular formula is CH3BrO3. The Labute approximate surface area is 39.0 Å². The summed E-state index contributed by atoms with van der Waals surface area (Å²) in [6, 6.07) is 0. The molecule has 0 aromatic carbocycles. The molecule has 0 heterocycles. The van der Waals surface area contributed by atoms with Gasteiger partial charge in [0.2, 0.25) is 0 Å². The lowest BCUT2D eigenvalue weighted by Gasteiger charge is -1.60. The molecule has 0 aliphatic carbocycles. The number of carbonyl (C=O) groups is 1. The second kappa shape index (κ2) is 3.75. The van der Waals surface area contributed by atoms with Gasteiger partial charge in [-0.1, -0.05) is 0 Å². The van der Waals surface area contributed by atoms with Crippen molar-refractivity contribution in [3.63, 3.8) is 0 Å². The Balaban J connectivity index is 0. The molecule has 3 nitrogen and oxygen atoms in total. The third kappa shape index (κ3) is 184. The minimum absolute atomic E-state index is 0. The smallest absolute Gasteiger partial charge is 0.450 e. The molecule has 2 N–H and O–H groups in total. The van der Waals surface area contributed by atoms with E-state index in [-0.39, 0.29) is 17.0 Å². The molecule has 0 atom stereocenters. The largest absolute Gasteiger partial charge is 0.503 e. The zero-order valence-electron chi connectivity index (χ0n) is 2.21. The third-order valence-electron chi connectivity index (χ3n) is 0. The molecule has 0 aromatic rings. The van der Waals surface area contributed by atoms with Crippen LogP contribution in [0.25, 0.3) is 0 Å². The van der Waals surface area contributed by atoms with Crippen LogP contribution in [-0.2, 0) is 0 Å². The van der Waals surface area contributed by atoms with E-state index in [1.807, 2.05) is 0 Å². The van der Waals surface area contributed by atoms with Crippen LogP contribution in [0, 0.1) is 0 Å². The molecule has 4 heteroatoms. The third-order valence-corrected chi connectivity index (χ3v) is 0. The van der Waals surface area contributed by atoms with Gasteiger partial charge in [-0.3, -0.25) is 0 Å². The lowest BCUT2D eigenvalue weighted by atomic mass is 11.5. The Morgan fingerprint density at radius 3 is 1.40 bits per heavy atom. The van der Waals surface area contributed by atoms with Crippen molar-refractivity contribution in [1.82, 2.24) is 0 Å². The Bertz CT molecular complexity index is 29.9. The van der Waals surface area contributed by atoms with Gasteiger partial charge in [-0.25, -0.2) is 4.79 Å². The standard InChI is InChI=1S/CH2O3.BrH/c2-1(3)4;/h(H2,2,3,4);1H. The molecule has 0 saturated heterocycles. The molecule has 0 aromatic heterocycles. The first kappa shape index (κ1) is 8.83. The summed E-state index contributed by atoms with van der Waals surface area (Å²) in [7, 11) is 0. The van der Waals surface area contributed by atoms with Crippen LogP contribution in [0.5, 0.6) is 0 Å². The van der Waals surface area contributed by atoms with Gasteiger partial charge >= 0.3 is 6.16 Å². The predicted molar refractivity (Wildman–Crippen MR) is 21.0 cm³/mol. The number of hydrogen-bond acceptors (Lipinski definition) is 1. The first-order chi connectivity index (χ1) is 1.73. The number of halogens is 1. The Kier molecular flexibility index (Phi) is 6.62. The van der Waals surface area contributed by atoms with Crippen LogP contribution in [0.3, 0.4) is 0 Å². The van der Waals surface area contributed by atoms with E-state index >= 15 is 0 Å². The summed E-state index contributed by atoms with van der Waals surface area (Å²) in [5, 5.41) is 13.9. The summed E-state index contributed by atoms with van der Waals surface area (Å²) in [5.74, 6) is 0. The molecule has 0 spiro atoms. The van der Waals surface area contributed by atoms with Crippen molar-refractivity contribution in [2.75, 3.05) is 0 Å². The highest BCUT2D eigenvalue weighted by molar-refractivity contribution is 8.93. The summed E-state index contributed by atoms with van der Waals surface area (Å²) in [4.78, 5) is 8.56. The fourth-order valence-corrected chi connectivity index (χ4v) is 0. The van der Waals surface area contributed by atoms with Gasteiger partial charge in [0.25, 0.3) is 0 Å². The number of rotatable bonds is 0. The fourth-order valence-electron chi connectivity index (χ4n) is 0. The van der Waals surface area contributed by atoms with Gasteiger partial charge in [0.15, 0.2) is 0 Å². The van der Waals surface area contributed by atoms with Crippen molar-refractivity contribution in [1.29, 1.82) is 0 Å². The van der Waals surface area contributed by atoms with Crippen LogP contribution in [-0.4, -0.2) is 16.4 Å². The highest BCUT2D eigenvalue weighted by Crippen LogP contribution is 1.42. The summed E-state index contributed by atoms with van der Waals surface area (Å²) in [6.45, 7) is 0. The molecule has 32 valence electrons. The van der Waals surface area contributed by atoms with Gasteiger partial charge in [0.1, 0.15) is 0 Å². The Hall–Kier alpha value is -0.250. The van der Waals surface area contributed by atoms with Gasteiger partial charge in [0.05, 0.1) is 0 Å². The van der Waals surface area contributed by atoms with E-state index in [1.54, 1.807) is 0 Å². The van der Waals surface area contributed by atoms with E-state index in [0.717, 1.165) is 0 Å². The predicted octanol–water partition coefficient (Wildman–Crippen LogP) is 0.800. The fraction of sp³-hybridized carbons (Fsp3) is 0. The minimum atomic E-state index is -1.83. The van der Waals surface area contributed by atoms with Crippen molar-refractivity contribution in [3.05, 3.63) is 0 Å². The van der Waals surface area contributed by atoms with E-state index in [2.05, 4.69) is 0 Å². The topological polar surface area (TPSA) is 57.5 Å².